The highest BCUT2D eigenvalue weighted by Crippen LogP contribution is 2.20. The summed E-state index contributed by atoms with van der Waals surface area (Å²) in [4.78, 5) is 16.2. The van der Waals surface area contributed by atoms with E-state index in [1.54, 1.807) is 19.2 Å². The van der Waals surface area contributed by atoms with Gasteiger partial charge < -0.3 is 14.6 Å². The summed E-state index contributed by atoms with van der Waals surface area (Å²) >= 11 is 0. The summed E-state index contributed by atoms with van der Waals surface area (Å²) in [6.07, 6.45) is 0.573. The van der Waals surface area contributed by atoms with Gasteiger partial charge in [0.05, 0.1) is 7.11 Å². The molecule has 1 heterocycles. The highest BCUT2D eigenvalue weighted by atomic mass is 19.1. The molecule has 0 unspecified atom stereocenters. The van der Waals surface area contributed by atoms with Crippen molar-refractivity contribution in [1.29, 1.82) is 0 Å². The Labute approximate surface area is 150 Å². The van der Waals surface area contributed by atoms with Crippen LogP contribution in [0.5, 0.6) is 5.75 Å². The van der Waals surface area contributed by atoms with Gasteiger partial charge in [0, 0.05) is 24.9 Å². The van der Waals surface area contributed by atoms with Crippen LogP contribution in [0.1, 0.15) is 17.9 Å². The molecule has 3 rings (SSSR count). The third kappa shape index (κ3) is 4.66. The second-order valence-corrected chi connectivity index (χ2v) is 5.64. The molecule has 0 aliphatic heterocycles. The van der Waals surface area contributed by atoms with Crippen LogP contribution >= 0.6 is 0 Å². The predicted octanol–water partition coefficient (Wildman–Crippen LogP) is 3.13. The maximum atomic E-state index is 12.8. The fourth-order valence-corrected chi connectivity index (χ4v) is 2.33. The molecule has 1 aromatic heterocycles. The van der Waals surface area contributed by atoms with Gasteiger partial charge in [0.25, 0.3) is 0 Å². The minimum atomic E-state index is -0.302. The zero-order valence-electron chi connectivity index (χ0n) is 14.2. The Hall–Kier alpha value is -3.22. The lowest BCUT2D eigenvalue weighted by Crippen LogP contribution is -2.23. The Kier molecular flexibility index (Phi) is 5.58. The third-order valence-electron chi connectivity index (χ3n) is 3.79. The predicted molar refractivity (Wildman–Crippen MR) is 92.9 cm³/mol. The van der Waals surface area contributed by atoms with Crippen molar-refractivity contribution in [1.82, 2.24) is 15.5 Å². The average molecular weight is 355 g/mol. The van der Waals surface area contributed by atoms with Crippen molar-refractivity contribution < 1.29 is 18.4 Å². The second-order valence-electron chi connectivity index (χ2n) is 5.64. The molecule has 6 nitrogen and oxygen atoms in total. The van der Waals surface area contributed by atoms with Gasteiger partial charge in [-0.1, -0.05) is 17.3 Å². The molecular weight excluding hydrogens is 337 g/mol. The maximum absolute atomic E-state index is 12.8. The van der Waals surface area contributed by atoms with Gasteiger partial charge in [0.2, 0.25) is 17.6 Å². The number of nitrogens with zero attached hydrogens (tertiary/aromatic N) is 2. The minimum absolute atomic E-state index is 0.140. The number of halogens is 1. The molecule has 134 valence electrons. The van der Waals surface area contributed by atoms with Crippen LogP contribution in [0.3, 0.4) is 0 Å². The first kappa shape index (κ1) is 17.6. The molecule has 1 amide bonds. The van der Waals surface area contributed by atoms with Gasteiger partial charge in [-0.15, -0.1) is 0 Å². The Morgan fingerprint density at radius 3 is 2.58 bits per heavy atom. The molecule has 0 aliphatic rings. The Bertz CT molecular complexity index is 860. The monoisotopic (exact) mass is 355 g/mol. The summed E-state index contributed by atoms with van der Waals surface area (Å²) in [7, 11) is 1.60. The maximum Gasteiger partial charge on any atom is 0.227 e. The molecule has 0 atom stereocenters. The molecular formula is C19H18FN3O3. The number of aryl methyl sites for hydroxylation is 1. The van der Waals surface area contributed by atoms with Crippen LogP contribution in [0.4, 0.5) is 4.39 Å². The van der Waals surface area contributed by atoms with Gasteiger partial charge in [0.1, 0.15) is 11.6 Å². The lowest BCUT2D eigenvalue weighted by Gasteiger charge is -2.04. The number of benzene rings is 2. The molecule has 0 fully saturated rings. The van der Waals surface area contributed by atoms with Gasteiger partial charge in [-0.25, -0.2) is 4.39 Å². The molecule has 1 N–H and O–H groups in total. The van der Waals surface area contributed by atoms with Crippen molar-refractivity contribution in [3.63, 3.8) is 0 Å². The lowest BCUT2D eigenvalue weighted by atomic mass is 10.2. The van der Waals surface area contributed by atoms with E-state index >= 15 is 0 Å². The van der Waals surface area contributed by atoms with Crippen LogP contribution < -0.4 is 10.1 Å². The van der Waals surface area contributed by atoms with Crippen LogP contribution in [-0.4, -0.2) is 23.2 Å². The molecule has 0 spiro atoms. The van der Waals surface area contributed by atoms with E-state index in [1.165, 1.54) is 12.1 Å². The highest BCUT2D eigenvalue weighted by molar-refractivity contribution is 5.76. The van der Waals surface area contributed by atoms with E-state index in [9.17, 15) is 9.18 Å². The standard InChI is InChI=1S/C19H18FN3O3/c1-25-16-8-4-14(5-9-16)19-22-18(26-23-19)11-10-17(24)21-12-13-2-6-15(20)7-3-13/h2-9H,10-12H2,1H3,(H,21,24). The average Bonchev–Trinajstić information content (AvgIpc) is 3.15. The van der Waals surface area contributed by atoms with Crippen molar-refractivity contribution in [2.24, 2.45) is 0 Å². The molecule has 2 aromatic carbocycles. The number of ether oxygens (including phenoxy) is 1. The van der Waals surface area contributed by atoms with Crippen LogP contribution in [-0.2, 0) is 17.8 Å². The lowest BCUT2D eigenvalue weighted by molar-refractivity contribution is -0.121. The number of carbonyl (C=O) groups excluding carboxylic acids is 1. The van der Waals surface area contributed by atoms with Crippen LogP contribution in [0.25, 0.3) is 11.4 Å². The van der Waals surface area contributed by atoms with Crippen LogP contribution in [0.2, 0.25) is 0 Å². The fraction of sp³-hybridized carbons (Fsp3) is 0.211. The minimum Gasteiger partial charge on any atom is -0.497 e. The molecule has 0 saturated heterocycles. The number of hydrogen-bond acceptors (Lipinski definition) is 5. The number of methoxy groups -OCH3 is 1. The van der Waals surface area contributed by atoms with E-state index < -0.39 is 0 Å². The zero-order chi connectivity index (χ0) is 18.4. The van der Waals surface area contributed by atoms with Crippen molar-refractivity contribution in [2.75, 3.05) is 7.11 Å². The first-order valence-corrected chi connectivity index (χ1v) is 8.12. The summed E-state index contributed by atoms with van der Waals surface area (Å²) in [5, 5.41) is 6.70. The Balaban J connectivity index is 1.49. The second kappa shape index (κ2) is 8.24. The molecule has 0 aliphatic carbocycles. The number of hydrogen-bond donors (Lipinski definition) is 1. The van der Waals surface area contributed by atoms with Gasteiger partial charge in [0.15, 0.2) is 0 Å². The number of rotatable bonds is 7. The normalized spacial score (nSPS) is 10.5. The molecule has 3 aromatic rings. The van der Waals surface area contributed by atoms with Gasteiger partial charge in [-0.05, 0) is 42.0 Å². The summed E-state index contributed by atoms with van der Waals surface area (Å²) in [5.74, 6) is 1.17. The van der Waals surface area contributed by atoms with E-state index in [-0.39, 0.29) is 18.1 Å². The zero-order valence-corrected chi connectivity index (χ0v) is 14.2. The van der Waals surface area contributed by atoms with Gasteiger partial charge in [-0.3, -0.25) is 4.79 Å². The van der Waals surface area contributed by atoms with E-state index in [4.69, 9.17) is 9.26 Å². The molecule has 0 saturated carbocycles. The van der Waals surface area contributed by atoms with Crippen molar-refractivity contribution in [2.45, 2.75) is 19.4 Å². The SMILES string of the molecule is COc1ccc(-c2noc(CCC(=O)NCc3ccc(F)cc3)n2)cc1. The van der Waals surface area contributed by atoms with Gasteiger partial charge in [-0.2, -0.15) is 4.98 Å². The van der Waals surface area contributed by atoms with Crippen LogP contribution in [0, 0.1) is 5.82 Å². The highest BCUT2D eigenvalue weighted by Gasteiger charge is 2.11. The van der Waals surface area contributed by atoms with E-state index in [0.717, 1.165) is 16.9 Å². The number of carbonyl (C=O) groups is 1. The first-order chi connectivity index (χ1) is 12.6. The van der Waals surface area contributed by atoms with Crippen molar-refractivity contribution in [3.05, 3.63) is 65.8 Å². The molecule has 26 heavy (non-hydrogen) atoms. The van der Waals surface area contributed by atoms with E-state index in [1.807, 2.05) is 24.3 Å². The third-order valence-corrected chi connectivity index (χ3v) is 3.79. The van der Waals surface area contributed by atoms with Gasteiger partial charge >= 0.3 is 0 Å². The van der Waals surface area contributed by atoms with E-state index in [2.05, 4.69) is 15.5 Å². The molecule has 0 radical (unpaired) electrons. The van der Waals surface area contributed by atoms with Crippen molar-refractivity contribution in [3.8, 4) is 17.1 Å². The van der Waals surface area contributed by atoms with E-state index in [0.29, 0.717) is 24.7 Å². The Morgan fingerprint density at radius 2 is 1.88 bits per heavy atom. The Morgan fingerprint density at radius 1 is 1.15 bits per heavy atom. The fourth-order valence-electron chi connectivity index (χ4n) is 2.33. The first-order valence-electron chi connectivity index (χ1n) is 8.12. The molecule has 7 heteroatoms. The quantitative estimate of drug-likeness (QED) is 0.704. The molecule has 0 bridgehead atoms. The number of nitrogens with one attached hydrogen (secondary N) is 1. The summed E-state index contributed by atoms with van der Waals surface area (Å²) in [5.41, 5.74) is 1.64. The number of aromatic nitrogens is 2. The largest absolute Gasteiger partial charge is 0.497 e. The summed E-state index contributed by atoms with van der Waals surface area (Å²) in [6, 6.07) is 13.3. The van der Waals surface area contributed by atoms with Crippen LogP contribution in [0.15, 0.2) is 53.1 Å². The summed E-state index contributed by atoms with van der Waals surface area (Å²) in [6.45, 7) is 0.347. The topological polar surface area (TPSA) is 77.2 Å². The van der Waals surface area contributed by atoms with Crippen molar-refractivity contribution >= 4 is 5.91 Å². The number of amides is 1. The summed E-state index contributed by atoms with van der Waals surface area (Å²) < 4.78 is 23.1. The smallest absolute Gasteiger partial charge is 0.227 e.